The van der Waals surface area contributed by atoms with E-state index in [9.17, 15) is 13.2 Å². The molecule has 0 aromatic heterocycles. The summed E-state index contributed by atoms with van der Waals surface area (Å²) in [6.07, 6.45) is 1.23. The van der Waals surface area contributed by atoms with Crippen LogP contribution < -0.4 is 14.8 Å². The van der Waals surface area contributed by atoms with Crippen LogP contribution in [0.3, 0.4) is 0 Å². The number of benzene rings is 2. The molecule has 0 unspecified atom stereocenters. The first-order valence-electron chi connectivity index (χ1n) is 6.78. The third-order valence-corrected chi connectivity index (χ3v) is 4.77. The van der Waals surface area contributed by atoms with Crippen LogP contribution in [-0.2, 0) is 14.8 Å². The number of carbonyl (C=O) groups excluding carboxylic acids is 1. The average molecular weight is 330 g/mol. The highest BCUT2D eigenvalue weighted by molar-refractivity contribution is 7.90. The Morgan fingerprint density at radius 3 is 2.52 bits per heavy atom. The molecule has 0 aliphatic carbocycles. The molecule has 2 N–H and O–H groups in total. The third-order valence-electron chi connectivity index (χ3n) is 3.34. The normalized spacial score (nSPS) is 16.5. The number of sulfonamides is 1. The second kappa shape index (κ2) is 5.77. The lowest BCUT2D eigenvalue weighted by atomic mass is 10.1. The van der Waals surface area contributed by atoms with Crippen molar-refractivity contribution < 1.29 is 17.9 Å². The van der Waals surface area contributed by atoms with Gasteiger partial charge in [-0.25, -0.2) is 8.42 Å². The monoisotopic (exact) mass is 330 g/mol. The molecule has 0 saturated heterocycles. The van der Waals surface area contributed by atoms with Crippen molar-refractivity contribution >= 4 is 27.3 Å². The lowest BCUT2D eigenvalue weighted by Crippen LogP contribution is -2.16. The van der Waals surface area contributed by atoms with Crippen LogP contribution in [-0.4, -0.2) is 21.4 Å². The minimum atomic E-state index is -3.60. The standard InChI is InChI=1S/C16H14N2O4S/c1-22-12-8-6-11(7-9-12)17-16(19)10-14-13-4-2-3-5-15(13)23(20,21)18-14/h2-10,18H,1H3,(H,17,19). The number of carbonyl (C=O) groups is 1. The fourth-order valence-electron chi connectivity index (χ4n) is 2.27. The molecule has 118 valence electrons. The van der Waals surface area contributed by atoms with E-state index in [0.717, 1.165) is 0 Å². The SMILES string of the molecule is COc1ccc(NC(=O)C=C2NS(=O)(=O)c3ccccc32)cc1. The van der Waals surface area contributed by atoms with Crippen molar-refractivity contribution in [2.75, 3.05) is 12.4 Å². The molecule has 0 bridgehead atoms. The van der Waals surface area contributed by atoms with Gasteiger partial charge in [-0.2, -0.15) is 0 Å². The average Bonchev–Trinajstić information content (AvgIpc) is 2.79. The van der Waals surface area contributed by atoms with Gasteiger partial charge < -0.3 is 10.1 Å². The summed E-state index contributed by atoms with van der Waals surface area (Å²) >= 11 is 0. The fourth-order valence-corrected chi connectivity index (χ4v) is 3.56. The quantitative estimate of drug-likeness (QED) is 0.843. The van der Waals surface area contributed by atoms with Crippen LogP contribution in [0.5, 0.6) is 5.75 Å². The van der Waals surface area contributed by atoms with Gasteiger partial charge in [-0.15, -0.1) is 0 Å². The Labute approximate surface area is 133 Å². The van der Waals surface area contributed by atoms with Crippen molar-refractivity contribution in [1.82, 2.24) is 4.72 Å². The molecule has 1 aliphatic heterocycles. The van der Waals surface area contributed by atoms with E-state index in [1.807, 2.05) is 0 Å². The van der Waals surface area contributed by atoms with E-state index in [1.165, 1.54) is 12.1 Å². The number of hydrogen-bond acceptors (Lipinski definition) is 4. The van der Waals surface area contributed by atoms with Gasteiger partial charge in [0.05, 0.1) is 17.7 Å². The van der Waals surface area contributed by atoms with E-state index in [2.05, 4.69) is 10.0 Å². The Hall–Kier alpha value is -2.80. The van der Waals surface area contributed by atoms with Crippen LogP contribution in [0, 0.1) is 0 Å². The van der Waals surface area contributed by atoms with Crippen molar-refractivity contribution in [3.05, 3.63) is 60.2 Å². The predicted molar refractivity (Wildman–Crippen MR) is 86.4 cm³/mol. The molecule has 0 fully saturated rings. The van der Waals surface area contributed by atoms with Crippen molar-refractivity contribution in [2.24, 2.45) is 0 Å². The molecule has 0 saturated carbocycles. The smallest absolute Gasteiger partial charge is 0.262 e. The molecule has 1 amide bonds. The molecule has 3 rings (SSSR count). The Balaban J connectivity index is 1.83. The van der Waals surface area contributed by atoms with Crippen molar-refractivity contribution in [3.63, 3.8) is 0 Å². The number of hydrogen-bond donors (Lipinski definition) is 2. The van der Waals surface area contributed by atoms with Crippen LogP contribution in [0.25, 0.3) is 5.70 Å². The summed E-state index contributed by atoms with van der Waals surface area (Å²) in [6.45, 7) is 0. The number of anilines is 1. The van der Waals surface area contributed by atoms with Gasteiger partial charge in [0.1, 0.15) is 5.75 Å². The van der Waals surface area contributed by atoms with Gasteiger partial charge >= 0.3 is 0 Å². The minimum Gasteiger partial charge on any atom is -0.497 e. The van der Waals surface area contributed by atoms with Gasteiger partial charge in [0.25, 0.3) is 10.0 Å². The fraction of sp³-hybridized carbons (Fsp3) is 0.0625. The van der Waals surface area contributed by atoms with Crippen molar-refractivity contribution in [3.8, 4) is 5.75 Å². The summed E-state index contributed by atoms with van der Waals surface area (Å²) in [4.78, 5) is 12.3. The topological polar surface area (TPSA) is 84.5 Å². The van der Waals surface area contributed by atoms with E-state index in [0.29, 0.717) is 17.0 Å². The number of fused-ring (bicyclic) bond motifs is 1. The maximum Gasteiger partial charge on any atom is 0.262 e. The summed E-state index contributed by atoms with van der Waals surface area (Å²) in [5, 5.41) is 2.67. The summed E-state index contributed by atoms with van der Waals surface area (Å²) in [5.41, 5.74) is 1.32. The van der Waals surface area contributed by atoms with Gasteiger partial charge in [-0.3, -0.25) is 9.52 Å². The summed E-state index contributed by atoms with van der Waals surface area (Å²) in [6, 6.07) is 13.3. The zero-order chi connectivity index (χ0) is 16.4. The van der Waals surface area contributed by atoms with Crippen molar-refractivity contribution in [1.29, 1.82) is 0 Å². The molecular weight excluding hydrogens is 316 g/mol. The number of methoxy groups -OCH3 is 1. The van der Waals surface area contributed by atoms with Gasteiger partial charge in [0.15, 0.2) is 0 Å². The first-order valence-corrected chi connectivity index (χ1v) is 8.27. The Morgan fingerprint density at radius 1 is 1.13 bits per heavy atom. The van der Waals surface area contributed by atoms with Crippen LogP contribution >= 0.6 is 0 Å². The number of amides is 1. The zero-order valence-corrected chi connectivity index (χ0v) is 13.1. The molecule has 2 aromatic carbocycles. The molecule has 2 aromatic rings. The van der Waals surface area contributed by atoms with Gasteiger partial charge in [0.2, 0.25) is 5.91 Å². The molecule has 1 aliphatic rings. The molecule has 6 nitrogen and oxygen atoms in total. The van der Waals surface area contributed by atoms with E-state index in [1.54, 1.807) is 49.6 Å². The Morgan fingerprint density at radius 2 is 1.83 bits per heavy atom. The first-order chi connectivity index (χ1) is 11.0. The molecule has 7 heteroatoms. The largest absolute Gasteiger partial charge is 0.497 e. The van der Waals surface area contributed by atoms with Crippen LogP contribution in [0.15, 0.2) is 59.5 Å². The number of ether oxygens (including phenoxy) is 1. The molecule has 0 radical (unpaired) electrons. The molecule has 0 atom stereocenters. The van der Waals surface area contributed by atoms with Crippen LogP contribution in [0.4, 0.5) is 5.69 Å². The number of rotatable bonds is 3. The highest BCUT2D eigenvalue weighted by atomic mass is 32.2. The summed E-state index contributed by atoms with van der Waals surface area (Å²) < 4.78 is 31.4. The molecular formula is C16H14N2O4S. The maximum absolute atomic E-state index is 12.1. The van der Waals surface area contributed by atoms with Gasteiger partial charge in [-0.1, -0.05) is 18.2 Å². The third kappa shape index (κ3) is 3.04. The second-order valence-corrected chi connectivity index (χ2v) is 6.53. The molecule has 1 heterocycles. The highest BCUT2D eigenvalue weighted by Crippen LogP contribution is 2.29. The maximum atomic E-state index is 12.1. The van der Waals surface area contributed by atoms with E-state index >= 15 is 0 Å². The van der Waals surface area contributed by atoms with Gasteiger partial charge in [0, 0.05) is 17.3 Å². The molecule has 0 spiro atoms. The highest BCUT2D eigenvalue weighted by Gasteiger charge is 2.29. The number of nitrogens with one attached hydrogen (secondary N) is 2. The van der Waals surface area contributed by atoms with E-state index in [-0.39, 0.29) is 10.6 Å². The second-order valence-electron chi connectivity index (χ2n) is 4.88. The lowest BCUT2D eigenvalue weighted by Gasteiger charge is -2.05. The van der Waals surface area contributed by atoms with Gasteiger partial charge in [-0.05, 0) is 30.3 Å². The zero-order valence-electron chi connectivity index (χ0n) is 12.2. The predicted octanol–water partition coefficient (Wildman–Crippen LogP) is 1.97. The summed E-state index contributed by atoms with van der Waals surface area (Å²) in [7, 11) is -2.04. The van der Waals surface area contributed by atoms with E-state index in [4.69, 9.17) is 4.74 Å². The Kier molecular flexibility index (Phi) is 3.79. The Bertz CT molecular complexity index is 887. The van der Waals surface area contributed by atoms with Crippen LogP contribution in [0.2, 0.25) is 0 Å². The first kappa shape index (κ1) is 15.1. The summed E-state index contributed by atoms with van der Waals surface area (Å²) in [5.74, 6) is 0.253. The molecule has 23 heavy (non-hydrogen) atoms. The van der Waals surface area contributed by atoms with E-state index < -0.39 is 15.9 Å². The minimum absolute atomic E-state index is 0.170. The van der Waals surface area contributed by atoms with Crippen molar-refractivity contribution in [2.45, 2.75) is 4.90 Å². The van der Waals surface area contributed by atoms with Crippen LogP contribution in [0.1, 0.15) is 5.56 Å². The lowest BCUT2D eigenvalue weighted by molar-refractivity contribution is -0.111.